The van der Waals surface area contributed by atoms with Crippen LogP contribution in [0.25, 0.3) is 5.70 Å². The predicted molar refractivity (Wildman–Crippen MR) is 81.4 cm³/mol. The molecule has 10 heteroatoms. The van der Waals surface area contributed by atoms with Crippen molar-refractivity contribution >= 4 is 17.9 Å². The first-order valence-corrected chi connectivity index (χ1v) is 7.38. The monoisotopic (exact) mass is 370 g/mol. The molecule has 0 atom stereocenters. The zero-order valence-electron chi connectivity index (χ0n) is 13.0. The number of halogens is 4. The first-order chi connectivity index (χ1) is 11.6. The molecule has 0 saturated carbocycles. The van der Waals surface area contributed by atoms with E-state index in [0.29, 0.717) is 5.56 Å². The molecule has 25 heavy (non-hydrogen) atoms. The molecule has 0 aliphatic carbocycles. The van der Waals surface area contributed by atoms with Gasteiger partial charge >= 0.3 is 6.18 Å². The number of allylic oxidation sites excluding steroid dienone is 2. The van der Waals surface area contributed by atoms with E-state index in [-0.39, 0.29) is 34.0 Å². The Bertz CT molecular complexity index is 1010. The third-order valence-electron chi connectivity index (χ3n) is 3.76. The highest BCUT2D eigenvalue weighted by molar-refractivity contribution is 7.71. The van der Waals surface area contributed by atoms with Gasteiger partial charge in [0.15, 0.2) is 0 Å². The molecule has 0 unspecified atom stereocenters. The van der Waals surface area contributed by atoms with Gasteiger partial charge < -0.3 is 4.74 Å². The normalized spacial score (nSPS) is 14.1. The highest BCUT2D eigenvalue weighted by atomic mass is 32.1. The van der Waals surface area contributed by atoms with Gasteiger partial charge in [0, 0.05) is 19.0 Å². The van der Waals surface area contributed by atoms with E-state index < -0.39 is 17.8 Å². The number of fused-ring (bicyclic) bond motifs is 1. The Kier molecular flexibility index (Phi) is 3.91. The van der Waals surface area contributed by atoms with Crippen molar-refractivity contribution in [3.05, 3.63) is 45.4 Å². The zero-order valence-corrected chi connectivity index (χ0v) is 13.8. The van der Waals surface area contributed by atoms with Crippen LogP contribution in [0.15, 0.2) is 17.9 Å². The molecule has 0 radical (unpaired) electrons. The third kappa shape index (κ3) is 2.80. The van der Waals surface area contributed by atoms with Crippen molar-refractivity contribution in [1.29, 1.82) is 5.26 Å². The van der Waals surface area contributed by atoms with Crippen LogP contribution in [0.1, 0.15) is 23.9 Å². The number of benzene rings is 1. The van der Waals surface area contributed by atoms with E-state index >= 15 is 0 Å². The molecule has 5 nitrogen and oxygen atoms in total. The molecule has 2 heterocycles. The molecule has 1 aromatic carbocycles. The van der Waals surface area contributed by atoms with Crippen LogP contribution in [0.3, 0.4) is 0 Å². The summed E-state index contributed by atoms with van der Waals surface area (Å²) in [6.45, 7) is 1.52. The molecule has 0 N–H and O–H groups in total. The van der Waals surface area contributed by atoms with Crippen LogP contribution >= 0.6 is 12.2 Å². The Hall–Kier alpha value is -2.67. The van der Waals surface area contributed by atoms with Crippen LogP contribution in [0.2, 0.25) is 0 Å². The molecule has 0 bridgehead atoms. The predicted octanol–water partition coefficient (Wildman–Crippen LogP) is 3.80. The molecular weight excluding hydrogens is 360 g/mol. The van der Waals surface area contributed by atoms with E-state index in [2.05, 4.69) is 5.10 Å². The Balaban J connectivity index is 2.15. The summed E-state index contributed by atoms with van der Waals surface area (Å²) in [4.78, 5) is 0. The summed E-state index contributed by atoms with van der Waals surface area (Å²) in [5.41, 5.74) is 0.588. The van der Waals surface area contributed by atoms with Crippen LogP contribution < -0.4 is 4.74 Å². The van der Waals surface area contributed by atoms with Crippen molar-refractivity contribution in [2.75, 3.05) is 0 Å². The van der Waals surface area contributed by atoms with Gasteiger partial charge in [0.25, 0.3) is 0 Å². The van der Waals surface area contributed by atoms with E-state index in [1.807, 2.05) is 6.07 Å². The smallest absolute Gasteiger partial charge is 0.451 e. The van der Waals surface area contributed by atoms with Crippen molar-refractivity contribution in [2.24, 2.45) is 7.05 Å². The third-order valence-corrected chi connectivity index (χ3v) is 4.21. The van der Waals surface area contributed by atoms with Crippen LogP contribution in [-0.4, -0.2) is 14.3 Å². The number of alkyl halides is 3. The fourth-order valence-corrected chi connectivity index (χ4v) is 2.82. The lowest BCUT2D eigenvalue weighted by Gasteiger charge is -2.22. The molecule has 130 valence electrons. The van der Waals surface area contributed by atoms with Gasteiger partial charge in [-0.25, -0.2) is 9.07 Å². The highest BCUT2D eigenvalue weighted by Gasteiger charge is 2.38. The summed E-state index contributed by atoms with van der Waals surface area (Å²) >= 11 is 5.04. The summed E-state index contributed by atoms with van der Waals surface area (Å²) in [7, 11) is 1.16. The largest absolute Gasteiger partial charge is 0.458 e. The van der Waals surface area contributed by atoms with Crippen molar-refractivity contribution in [3.8, 4) is 11.8 Å². The highest BCUT2D eigenvalue weighted by Crippen LogP contribution is 2.36. The van der Waals surface area contributed by atoms with Crippen LogP contribution in [0.5, 0.6) is 5.75 Å². The quantitative estimate of drug-likeness (QED) is 0.566. The second-order valence-corrected chi connectivity index (χ2v) is 5.78. The lowest BCUT2D eigenvalue weighted by molar-refractivity contribution is -0.147. The average molecular weight is 370 g/mol. The number of aromatic nitrogens is 3. The summed E-state index contributed by atoms with van der Waals surface area (Å²) in [6.07, 6.45) is -4.65. The van der Waals surface area contributed by atoms with Gasteiger partial charge in [-0.3, -0.25) is 4.57 Å². The second-order valence-electron chi connectivity index (χ2n) is 5.41. The summed E-state index contributed by atoms with van der Waals surface area (Å²) < 4.78 is 59.8. The number of rotatable bonds is 1. The Labute approximate surface area is 144 Å². The fraction of sp³-hybridized carbons (Fsp3) is 0.267. The SMILES string of the molecule is CC1=C(n2nc(C(F)(F)F)n(C)c2=S)Cc2cc(F)cc(C#N)c2O1. The van der Waals surface area contributed by atoms with Gasteiger partial charge in [0.2, 0.25) is 10.6 Å². The lowest BCUT2D eigenvalue weighted by Crippen LogP contribution is -2.16. The molecule has 0 fully saturated rings. The average Bonchev–Trinajstić information content (AvgIpc) is 2.82. The minimum Gasteiger partial charge on any atom is -0.458 e. The van der Waals surface area contributed by atoms with Crippen molar-refractivity contribution < 1.29 is 22.3 Å². The maximum absolute atomic E-state index is 13.7. The summed E-state index contributed by atoms with van der Waals surface area (Å²) in [5.74, 6) is -1.37. The number of hydrogen-bond acceptors (Lipinski definition) is 4. The molecule has 1 aromatic heterocycles. The lowest BCUT2D eigenvalue weighted by atomic mass is 10.0. The van der Waals surface area contributed by atoms with Crippen LogP contribution in [-0.2, 0) is 19.6 Å². The Morgan fingerprint density at radius 3 is 2.60 bits per heavy atom. The number of ether oxygens (including phenoxy) is 1. The molecule has 0 spiro atoms. The minimum absolute atomic E-state index is 0.00833. The first kappa shape index (κ1) is 17.2. The van der Waals surface area contributed by atoms with Crippen LogP contribution in [0, 0.1) is 21.9 Å². The molecule has 0 saturated heterocycles. The molecule has 2 aromatic rings. The van der Waals surface area contributed by atoms with Gasteiger partial charge in [-0.2, -0.15) is 18.4 Å². The van der Waals surface area contributed by atoms with Gasteiger partial charge in [0.05, 0.1) is 11.3 Å². The van der Waals surface area contributed by atoms with E-state index in [0.717, 1.165) is 22.4 Å². The summed E-state index contributed by atoms with van der Waals surface area (Å²) in [5, 5.41) is 12.6. The first-order valence-electron chi connectivity index (χ1n) is 6.97. The minimum atomic E-state index is -4.67. The van der Waals surface area contributed by atoms with Gasteiger partial charge in [-0.05, 0) is 31.3 Å². The number of nitriles is 1. The topological polar surface area (TPSA) is 55.8 Å². The Morgan fingerprint density at radius 2 is 2.04 bits per heavy atom. The maximum Gasteiger partial charge on any atom is 0.451 e. The Morgan fingerprint density at radius 1 is 1.36 bits per heavy atom. The van der Waals surface area contributed by atoms with E-state index in [9.17, 15) is 17.6 Å². The molecular formula is C15H10F4N4OS. The van der Waals surface area contributed by atoms with Crippen LogP contribution in [0.4, 0.5) is 17.6 Å². The van der Waals surface area contributed by atoms with Gasteiger partial charge in [-0.1, -0.05) is 0 Å². The molecule has 0 amide bonds. The van der Waals surface area contributed by atoms with Gasteiger partial charge in [0.1, 0.15) is 23.4 Å². The fourth-order valence-electron chi connectivity index (χ4n) is 2.59. The van der Waals surface area contributed by atoms with E-state index in [1.165, 1.54) is 13.0 Å². The zero-order chi connectivity index (χ0) is 18.5. The van der Waals surface area contributed by atoms with Crippen molar-refractivity contribution in [1.82, 2.24) is 14.3 Å². The van der Waals surface area contributed by atoms with E-state index in [1.54, 1.807) is 0 Å². The maximum atomic E-state index is 13.7. The van der Waals surface area contributed by atoms with Crippen molar-refractivity contribution in [3.63, 3.8) is 0 Å². The van der Waals surface area contributed by atoms with Crippen molar-refractivity contribution in [2.45, 2.75) is 19.5 Å². The molecule has 3 rings (SSSR count). The van der Waals surface area contributed by atoms with Gasteiger partial charge in [-0.15, -0.1) is 5.10 Å². The second kappa shape index (κ2) is 5.70. The standard InChI is InChI=1S/C15H10F4N4OS/c1-7-11(23-14(25)22(2)13(21-23)15(17,18)19)5-8-3-10(16)4-9(6-20)12(8)24-7/h3-4H,5H2,1-2H3. The molecule has 1 aliphatic heterocycles. The number of nitrogens with zero attached hydrogens (tertiary/aromatic N) is 4. The number of hydrogen-bond donors (Lipinski definition) is 0. The van der Waals surface area contributed by atoms with E-state index in [4.69, 9.17) is 22.2 Å². The molecule has 1 aliphatic rings. The summed E-state index contributed by atoms with van der Waals surface area (Å²) in [6, 6.07) is 4.03.